The molecule has 3 nitrogen and oxygen atoms in total. The van der Waals surface area contributed by atoms with Crippen molar-refractivity contribution in [2.45, 2.75) is 31.7 Å². The molecule has 1 aromatic rings. The highest BCUT2D eigenvalue weighted by atomic mass is 32.2. The van der Waals surface area contributed by atoms with Gasteiger partial charge >= 0.3 is 0 Å². The van der Waals surface area contributed by atoms with Crippen LogP contribution < -0.4 is 10.1 Å². The summed E-state index contributed by atoms with van der Waals surface area (Å²) in [5.41, 5.74) is 0. The normalized spacial score (nSPS) is 14.5. The quantitative estimate of drug-likeness (QED) is 0.826. The summed E-state index contributed by atoms with van der Waals surface area (Å²) in [6, 6.07) is 7.74. The first-order valence-electron chi connectivity index (χ1n) is 6.34. The second-order valence-corrected chi connectivity index (χ2v) is 6.09. The molecule has 0 amide bonds. The molecule has 0 saturated carbocycles. The maximum Gasteiger partial charge on any atom is 0.118 e. The van der Waals surface area contributed by atoms with E-state index < -0.39 is 10.8 Å². The standard InChI is InChI=1S/C14H23NO2S/c1-5-15-14(11(2)3)10-18(16)13-8-6-12(17-4)7-9-13/h6-9,11,14-15H,5,10H2,1-4H3. The van der Waals surface area contributed by atoms with E-state index in [-0.39, 0.29) is 6.04 Å². The molecule has 0 aliphatic rings. The number of hydrogen-bond donors (Lipinski definition) is 1. The van der Waals surface area contributed by atoms with Crippen molar-refractivity contribution in [2.75, 3.05) is 19.4 Å². The predicted molar refractivity (Wildman–Crippen MR) is 76.6 cm³/mol. The molecule has 0 aromatic heterocycles. The Morgan fingerprint density at radius 1 is 1.28 bits per heavy atom. The van der Waals surface area contributed by atoms with Crippen molar-refractivity contribution < 1.29 is 8.95 Å². The molecule has 4 heteroatoms. The van der Waals surface area contributed by atoms with Crippen LogP contribution in [0.25, 0.3) is 0 Å². The fourth-order valence-corrected chi connectivity index (χ4v) is 3.20. The summed E-state index contributed by atoms with van der Waals surface area (Å²) in [6.07, 6.45) is 0. The van der Waals surface area contributed by atoms with Crippen LogP contribution in [-0.4, -0.2) is 29.7 Å². The van der Waals surface area contributed by atoms with E-state index in [1.165, 1.54) is 0 Å². The Balaban J connectivity index is 2.67. The minimum absolute atomic E-state index is 0.290. The summed E-state index contributed by atoms with van der Waals surface area (Å²) in [6.45, 7) is 7.28. The summed E-state index contributed by atoms with van der Waals surface area (Å²) in [5.74, 6) is 1.92. The van der Waals surface area contributed by atoms with E-state index in [1.807, 2.05) is 24.3 Å². The Bertz CT molecular complexity index is 376. The summed E-state index contributed by atoms with van der Waals surface area (Å²) < 4.78 is 17.4. The fraction of sp³-hybridized carbons (Fsp3) is 0.571. The van der Waals surface area contributed by atoms with Crippen LogP contribution in [0.2, 0.25) is 0 Å². The molecule has 0 bridgehead atoms. The van der Waals surface area contributed by atoms with Gasteiger partial charge in [-0.2, -0.15) is 0 Å². The van der Waals surface area contributed by atoms with Crippen molar-refractivity contribution in [3.8, 4) is 5.75 Å². The SMILES string of the molecule is CCNC(CS(=O)c1ccc(OC)cc1)C(C)C. The third kappa shape index (κ3) is 4.42. The molecule has 2 atom stereocenters. The Morgan fingerprint density at radius 3 is 2.33 bits per heavy atom. The lowest BCUT2D eigenvalue weighted by Gasteiger charge is -2.21. The van der Waals surface area contributed by atoms with Crippen LogP contribution in [0.4, 0.5) is 0 Å². The predicted octanol–water partition coefficient (Wildman–Crippen LogP) is 2.44. The molecule has 2 unspecified atom stereocenters. The second kappa shape index (κ2) is 7.54. The van der Waals surface area contributed by atoms with Gasteiger partial charge in [0.1, 0.15) is 5.75 Å². The average molecular weight is 269 g/mol. The minimum Gasteiger partial charge on any atom is -0.497 e. The summed E-state index contributed by atoms with van der Waals surface area (Å²) >= 11 is 0. The summed E-state index contributed by atoms with van der Waals surface area (Å²) in [7, 11) is 0.667. The molecule has 0 aliphatic heterocycles. The van der Waals surface area contributed by atoms with E-state index in [9.17, 15) is 4.21 Å². The zero-order valence-electron chi connectivity index (χ0n) is 11.6. The van der Waals surface area contributed by atoms with Crippen molar-refractivity contribution in [1.82, 2.24) is 5.32 Å². The number of benzene rings is 1. The molecular weight excluding hydrogens is 246 g/mol. The molecule has 0 radical (unpaired) electrons. The molecule has 1 N–H and O–H groups in total. The topological polar surface area (TPSA) is 38.3 Å². The monoisotopic (exact) mass is 269 g/mol. The van der Waals surface area contributed by atoms with Gasteiger partial charge in [0.2, 0.25) is 0 Å². The highest BCUT2D eigenvalue weighted by Gasteiger charge is 2.16. The van der Waals surface area contributed by atoms with Gasteiger partial charge in [-0.1, -0.05) is 20.8 Å². The maximum atomic E-state index is 12.3. The van der Waals surface area contributed by atoms with Crippen LogP contribution in [-0.2, 0) is 10.8 Å². The largest absolute Gasteiger partial charge is 0.497 e. The first kappa shape index (κ1) is 15.2. The molecule has 1 rings (SSSR count). The summed E-state index contributed by atoms with van der Waals surface area (Å²) in [5, 5.41) is 3.39. The van der Waals surface area contributed by atoms with Gasteiger partial charge < -0.3 is 10.1 Å². The molecule has 0 fully saturated rings. The zero-order valence-corrected chi connectivity index (χ0v) is 12.4. The minimum atomic E-state index is -0.964. The molecule has 0 saturated heterocycles. The van der Waals surface area contributed by atoms with E-state index >= 15 is 0 Å². The summed E-state index contributed by atoms with van der Waals surface area (Å²) in [4.78, 5) is 0.861. The lowest BCUT2D eigenvalue weighted by atomic mass is 10.1. The van der Waals surface area contributed by atoms with Crippen molar-refractivity contribution in [1.29, 1.82) is 0 Å². The molecule has 0 aliphatic carbocycles. The molecule has 1 aromatic carbocycles. The van der Waals surface area contributed by atoms with E-state index in [4.69, 9.17) is 4.74 Å². The van der Waals surface area contributed by atoms with E-state index in [0.717, 1.165) is 17.2 Å². The van der Waals surface area contributed by atoms with Gasteiger partial charge in [-0.3, -0.25) is 4.21 Å². The Morgan fingerprint density at radius 2 is 1.89 bits per heavy atom. The fourth-order valence-electron chi connectivity index (χ4n) is 1.74. The van der Waals surface area contributed by atoms with Crippen LogP contribution >= 0.6 is 0 Å². The lowest BCUT2D eigenvalue weighted by Crippen LogP contribution is -2.38. The van der Waals surface area contributed by atoms with E-state index in [0.29, 0.717) is 11.7 Å². The lowest BCUT2D eigenvalue weighted by molar-refractivity contribution is 0.414. The van der Waals surface area contributed by atoms with Crippen molar-refractivity contribution in [2.24, 2.45) is 5.92 Å². The zero-order chi connectivity index (χ0) is 13.5. The number of nitrogens with one attached hydrogen (secondary N) is 1. The van der Waals surface area contributed by atoms with Crippen molar-refractivity contribution in [3.63, 3.8) is 0 Å². The van der Waals surface area contributed by atoms with Crippen molar-refractivity contribution in [3.05, 3.63) is 24.3 Å². The Kier molecular flexibility index (Phi) is 6.36. The van der Waals surface area contributed by atoms with Gasteiger partial charge in [0.25, 0.3) is 0 Å². The van der Waals surface area contributed by atoms with Gasteiger partial charge in [-0.15, -0.1) is 0 Å². The van der Waals surface area contributed by atoms with Crippen LogP contribution in [0.1, 0.15) is 20.8 Å². The first-order valence-corrected chi connectivity index (χ1v) is 7.66. The van der Waals surface area contributed by atoms with Gasteiger partial charge in [-0.05, 0) is 36.7 Å². The van der Waals surface area contributed by atoms with E-state index in [1.54, 1.807) is 7.11 Å². The van der Waals surface area contributed by atoms with Gasteiger partial charge in [-0.25, -0.2) is 0 Å². The third-order valence-corrected chi connectivity index (χ3v) is 4.38. The molecule has 18 heavy (non-hydrogen) atoms. The van der Waals surface area contributed by atoms with Gasteiger partial charge in [0.15, 0.2) is 0 Å². The number of methoxy groups -OCH3 is 1. The smallest absolute Gasteiger partial charge is 0.118 e. The number of ether oxygens (including phenoxy) is 1. The highest BCUT2D eigenvalue weighted by molar-refractivity contribution is 7.85. The molecule has 102 valence electrons. The third-order valence-electron chi connectivity index (χ3n) is 2.92. The second-order valence-electron chi connectivity index (χ2n) is 4.60. The van der Waals surface area contributed by atoms with Crippen LogP contribution in [0, 0.1) is 5.92 Å². The molecule has 0 heterocycles. The Labute approximate surface area is 112 Å². The van der Waals surface area contributed by atoms with Crippen LogP contribution in [0.3, 0.4) is 0 Å². The first-order chi connectivity index (χ1) is 8.58. The average Bonchev–Trinajstić information content (AvgIpc) is 2.38. The molecule has 0 spiro atoms. The number of hydrogen-bond acceptors (Lipinski definition) is 3. The van der Waals surface area contributed by atoms with Gasteiger partial charge in [0.05, 0.1) is 17.9 Å². The number of rotatable bonds is 7. The van der Waals surface area contributed by atoms with Gasteiger partial charge in [0, 0.05) is 16.7 Å². The van der Waals surface area contributed by atoms with Crippen molar-refractivity contribution >= 4 is 10.8 Å². The Hall–Kier alpha value is -0.870. The molecular formula is C14H23NO2S. The maximum absolute atomic E-state index is 12.3. The van der Waals surface area contributed by atoms with Crippen LogP contribution in [0.5, 0.6) is 5.75 Å². The highest BCUT2D eigenvalue weighted by Crippen LogP contribution is 2.16. The van der Waals surface area contributed by atoms with Crippen LogP contribution in [0.15, 0.2) is 29.2 Å². The van der Waals surface area contributed by atoms with E-state index in [2.05, 4.69) is 26.1 Å².